The maximum Gasteiger partial charge on any atom is 0.143 e. The molecule has 70 valence electrons. The topological polar surface area (TPSA) is 30.5 Å². The van der Waals surface area contributed by atoms with Crippen molar-refractivity contribution >= 4 is 5.69 Å². The number of methoxy groups -OCH3 is 1. The Kier molecular flexibility index (Phi) is 2.00. The highest BCUT2D eigenvalue weighted by Gasteiger charge is 2.12. The average molecular weight is 179 g/mol. The summed E-state index contributed by atoms with van der Waals surface area (Å²) in [6.45, 7) is 3.61. The van der Waals surface area contributed by atoms with E-state index in [1.807, 2.05) is 19.1 Å². The molecule has 1 aromatic rings. The minimum atomic E-state index is 0.735. The summed E-state index contributed by atoms with van der Waals surface area (Å²) in [4.78, 5) is 0. The van der Waals surface area contributed by atoms with Crippen molar-refractivity contribution in [3.63, 3.8) is 0 Å². The Morgan fingerprint density at radius 2 is 2.31 bits per heavy atom. The minimum Gasteiger partial charge on any atom is -0.496 e. The molecule has 0 bridgehead atoms. The van der Waals surface area contributed by atoms with E-state index < -0.39 is 0 Å². The van der Waals surface area contributed by atoms with Gasteiger partial charge in [0.05, 0.1) is 12.8 Å². The van der Waals surface area contributed by atoms with Gasteiger partial charge in [0.1, 0.15) is 18.1 Å². The van der Waals surface area contributed by atoms with Crippen molar-refractivity contribution in [3.05, 3.63) is 17.7 Å². The van der Waals surface area contributed by atoms with Crippen LogP contribution >= 0.6 is 0 Å². The van der Waals surface area contributed by atoms with Gasteiger partial charge in [-0.3, -0.25) is 0 Å². The molecule has 3 heteroatoms. The normalized spacial score (nSPS) is 14.0. The monoisotopic (exact) mass is 179 g/mol. The standard InChI is InChI=1S/C10H13NO2/c1-7-5-10-8(6-9(7)12-2)11-3-4-13-10/h5-6,11H,3-4H2,1-2H3. The van der Waals surface area contributed by atoms with Gasteiger partial charge in [0.2, 0.25) is 0 Å². The summed E-state index contributed by atoms with van der Waals surface area (Å²) < 4.78 is 10.7. The van der Waals surface area contributed by atoms with Crippen molar-refractivity contribution in [1.29, 1.82) is 0 Å². The van der Waals surface area contributed by atoms with Crippen LogP contribution in [0.2, 0.25) is 0 Å². The fraction of sp³-hybridized carbons (Fsp3) is 0.400. The van der Waals surface area contributed by atoms with Crippen LogP contribution in [-0.2, 0) is 0 Å². The molecule has 2 rings (SSSR count). The molecule has 0 aliphatic carbocycles. The van der Waals surface area contributed by atoms with Gasteiger partial charge in [-0.05, 0) is 18.6 Å². The van der Waals surface area contributed by atoms with E-state index in [1.165, 1.54) is 0 Å². The Hall–Kier alpha value is -1.38. The van der Waals surface area contributed by atoms with Crippen LogP contribution in [0.1, 0.15) is 5.56 Å². The van der Waals surface area contributed by atoms with E-state index in [9.17, 15) is 0 Å². The van der Waals surface area contributed by atoms with Crippen LogP contribution in [0.5, 0.6) is 11.5 Å². The van der Waals surface area contributed by atoms with Gasteiger partial charge in [0.25, 0.3) is 0 Å². The first-order valence-electron chi connectivity index (χ1n) is 4.36. The van der Waals surface area contributed by atoms with Crippen molar-refractivity contribution in [2.45, 2.75) is 6.92 Å². The number of fused-ring (bicyclic) bond motifs is 1. The lowest BCUT2D eigenvalue weighted by Gasteiger charge is -2.20. The summed E-state index contributed by atoms with van der Waals surface area (Å²) in [7, 11) is 1.68. The SMILES string of the molecule is COc1cc2c(cc1C)OCCN2. The quantitative estimate of drug-likeness (QED) is 0.713. The predicted octanol–water partition coefficient (Wildman–Crippen LogP) is 1.81. The Morgan fingerprint density at radius 3 is 3.08 bits per heavy atom. The molecule has 0 saturated heterocycles. The fourth-order valence-corrected chi connectivity index (χ4v) is 1.49. The van der Waals surface area contributed by atoms with E-state index in [0.29, 0.717) is 0 Å². The number of aryl methyl sites for hydroxylation is 1. The van der Waals surface area contributed by atoms with Crippen LogP contribution in [0, 0.1) is 6.92 Å². The first-order chi connectivity index (χ1) is 6.31. The summed E-state index contributed by atoms with van der Waals surface area (Å²) in [5.74, 6) is 1.82. The lowest BCUT2D eigenvalue weighted by molar-refractivity contribution is 0.321. The summed E-state index contributed by atoms with van der Waals surface area (Å²) in [6, 6.07) is 3.98. The second-order valence-corrected chi connectivity index (χ2v) is 3.09. The fourth-order valence-electron chi connectivity index (χ4n) is 1.49. The second-order valence-electron chi connectivity index (χ2n) is 3.09. The number of hydrogen-bond donors (Lipinski definition) is 1. The largest absolute Gasteiger partial charge is 0.496 e. The Bertz CT molecular complexity index is 323. The highest BCUT2D eigenvalue weighted by Crippen LogP contribution is 2.33. The summed E-state index contributed by atoms with van der Waals surface area (Å²) in [5.41, 5.74) is 2.12. The molecule has 0 saturated carbocycles. The molecule has 0 fully saturated rings. The first-order valence-corrected chi connectivity index (χ1v) is 4.36. The molecule has 1 heterocycles. The number of anilines is 1. The number of hydrogen-bond acceptors (Lipinski definition) is 3. The summed E-state index contributed by atoms with van der Waals surface area (Å²) in [5, 5.41) is 3.26. The van der Waals surface area contributed by atoms with Crippen molar-refractivity contribution < 1.29 is 9.47 Å². The number of ether oxygens (including phenoxy) is 2. The van der Waals surface area contributed by atoms with Crippen molar-refractivity contribution in [1.82, 2.24) is 0 Å². The molecule has 0 unspecified atom stereocenters. The van der Waals surface area contributed by atoms with E-state index in [-0.39, 0.29) is 0 Å². The van der Waals surface area contributed by atoms with E-state index >= 15 is 0 Å². The van der Waals surface area contributed by atoms with Gasteiger partial charge in [-0.1, -0.05) is 0 Å². The number of benzene rings is 1. The van der Waals surface area contributed by atoms with E-state index in [1.54, 1.807) is 7.11 Å². The maximum absolute atomic E-state index is 5.49. The van der Waals surface area contributed by atoms with Crippen LogP contribution in [0.3, 0.4) is 0 Å². The molecule has 0 atom stereocenters. The molecule has 0 spiro atoms. The minimum absolute atomic E-state index is 0.735. The van der Waals surface area contributed by atoms with E-state index in [4.69, 9.17) is 9.47 Å². The van der Waals surface area contributed by atoms with Crippen LogP contribution < -0.4 is 14.8 Å². The van der Waals surface area contributed by atoms with Gasteiger partial charge < -0.3 is 14.8 Å². The maximum atomic E-state index is 5.49. The van der Waals surface area contributed by atoms with Gasteiger partial charge in [0, 0.05) is 12.6 Å². The Balaban J connectivity index is 2.44. The number of rotatable bonds is 1. The van der Waals surface area contributed by atoms with E-state index in [0.717, 1.165) is 35.9 Å². The molecule has 0 aromatic heterocycles. The van der Waals surface area contributed by atoms with Crippen molar-refractivity contribution in [2.75, 3.05) is 25.6 Å². The molecule has 1 aromatic carbocycles. The average Bonchev–Trinajstić information content (AvgIpc) is 2.17. The third kappa shape index (κ3) is 1.41. The molecule has 1 aliphatic heterocycles. The molecular formula is C10H13NO2. The van der Waals surface area contributed by atoms with Crippen molar-refractivity contribution in [3.8, 4) is 11.5 Å². The Labute approximate surface area is 77.7 Å². The van der Waals surface area contributed by atoms with Gasteiger partial charge in [-0.15, -0.1) is 0 Å². The van der Waals surface area contributed by atoms with Crippen LogP contribution in [0.25, 0.3) is 0 Å². The zero-order chi connectivity index (χ0) is 9.26. The van der Waals surface area contributed by atoms with E-state index in [2.05, 4.69) is 5.32 Å². The third-order valence-corrected chi connectivity index (χ3v) is 2.17. The van der Waals surface area contributed by atoms with Gasteiger partial charge in [0.15, 0.2) is 0 Å². The number of nitrogens with one attached hydrogen (secondary N) is 1. The third-order valence-electron chi connectivity index (χ3n) is 2.17. The predicted molar refractivity (Wildman–Crippen MR) is 51.7 cm³/mol. The smallest absolute Gasteiger partial charge is 0.143 e. The van der Waals surface area contributed by atoms with Crippen LogP contribution in [-0.4, -0.2) is 20.3 Å². The molecule has 0 amide bonds. The zero-order valence-corrected chi connectivity index (χ0v) is 7.89. The van der Waals surface area contributed by atoms with Crippen LogP contribution in [0.4, 0.5) is 5.69 Å². The second kappa shape index (κ2) is 3.17. The first kappa shape index (κ1) is 8.23. The van der Waals surface area contributed by atoms with Gasteiger partial charge in [-0.25, -0.2) is 0 Å². The lowest BCUT2D eigenvalue weighted by Crippen LogP contribution is -2.18. The highest BCUT2D eigenvalue weighted by atomic mass is 16.5. The Morgan fingerprint density at radius 1 is 1.46 bits per heavy atom. The zero-order valence-electron chi connectivity index (χ0n) is 7.89. The van der Waals surface area contributed by atoms with Crippen molar-refractivity contribution in [2.24, 2.45) is 0 Å². The highest BCUT2D eigenvalue weighted by molar-refractivity contribution is 5.63. The molecule has 0 radical (unpaired) electrons. The molecule has 1 N–H and O–H groups in total. The molecular weight excluding hydrogens is 166 g/mol. The van der Waals surface area contributed by atoms with Gasteiger partial charge >= 0.3 is 0 Å². The molecule has 13 heavy (non-hydrogen) atoms. The van der Waals surface area contributed by atoms with Gasteiger partial charge in [-0.2, -0.15) is 0 Å². The van der Waals surface area contributed by atoms with Crippen LogP contribution in [0.15, 0.2) is 12.1 Å². The molecule has 1 aliphatic rings. The summed E-state index contributed by atoms with van der Waals surface area (Å²) in [6.07, 6.45) is 0. The molecule has 3 nitrogen and oxygen atoms in total. The summed E-state index contributed by atoms with van der Waals surface area (Å²) >= 11 is 0. The lowest BCUT2D eigenvalue weighted by atomic mass is 10.1.